The fraction of sp³-hybridized carbons (Fsp3) is 0.133. The van der Waals surface area contributed by atoms with Crippen molar-refractivity contribution in [2.75, 3.05) is 0 Å². The van der Waals surface area contributed by atoms with Crippen LogP contribution in [0.15, 0.2) is 59.8 Å². The Morgan fingerprint density at radius 1 is 0.952 bits per heavy atom. The highest BCUT2D eigenvalue weighted by atomic mass is 32.2. The SMILES string of the molecule is NCc1ccc(CSc2nnnn2-c2ccccc2)cc1. The molecule has 0 atom stereocenters. The zero-order chi connectivity index (χ0) is 14.5. The molecule has 1 heterocycles. The van der Waals surface area contributed by atoms with Crippen molar-refractivity contribution >= 4 is 11.8 Å². The van der Waals surface area contributed by atoms with Gasteiger partial charge in [0.1, 0.15) is 0 Å². The summed E-state index contributed by atoms with van der Waals surface area (Å²) in [6, 6.07) is 18.2. The van der Waals surface area contributed by atoms with Gasteiger partial charge in [-0.2, -0.15) is 4.68 Å². The molecule has 0 unspecified atom stereocenters. The van der Waals surface area contributed by atoms with Gasteiger partial charge >= 0.3 is 0 Å². The first-order valence-electron chi connectivity index (χ1n) is 6.61. The van der Waals surface area contributed by atoms with Crippen LogP contribution in [0.1, 0.15) is 11.1 Å². The van der Waals surface area contributed by atoms with E-state index in [0.29, 0.717) is 6.54 Å². The van der Waals surface area contributed by atoms with Gasteiger partial charge in [-0.1, -0.05) is 54.2 Å². The van der Waals surface area contributed by atoms with Gasteiger partial charge in [0.15, 0.2) is 0 Å². The predicted octanol–water partition coefficient (Wildman–Crippen LogP) is 2.41. The molecule has 0 radical (unpaired) electrons. The highest BCUT2D eigenvalue weighted by molar-refractivity contribution is 7.98. The van der Waals surface area contributed by atoms with E-state index in [1.54, 1.807) is 16.4 Å². The standard InChI is InChI=1S/C15H15N5S/c16-10-12-6-8-13(9-7-12)11-21-15-17-18-19-20(15)14-4-2-1-3-5-14/h1-9H,10-11,16H2. The van der Waals surface area contributed by atoms with Crippen molar-refractivity contribution in [3.63, 3.8) is 0 Å². The number of para-hydroxylation sites is 1. The van der Waals surface area contributed by atoms with Gasteiger partial charge in [-0.3, -0.25) is 0 Å². The number of aromatic nitrogens is 4. The third kappa shape index (κ3) is 3.29. The maximum atomic E-state index is 5.60. The van der Waals surface area contributed by atoms with Crippen LogP contribution in [0.2, 0.25) is 0 Å². The summed E-state index contributed by atoms with van der Waals surface area (Å²) in [5.41, 5.74) is 8.92. The number of rotatable bonds is 5. The Kier molecular flexibility index (Phi) is 4.28. The topological polar surface area (TPSA) is 69.6 Å². The summed E-state index contributed by atoms with van der Waals surface area (Å²) in [6.45, 7) is 0.569. The lowest BCUT2D eigenvalue weighted by Crippen LogP contribution is -1.99. The second-order valence-electron chi connectivity index (χ2n) is 4.52. The Labute approximate surface area is 127 Å². The molecule has 2 N–H and O–H groups in total. The van der Waals surface area contributed by atoms with Crippen molar-refractivity contribution in [3.05, 3.63) is 65.7 Å². The molecule has 5 nitrogen and oxygen atoms in total. The third-order valence-corrected chi connectivity index (χ3v) is 4.06. The van der Waals surface area contributed by atoms with Gasteiger partial charge in [-0.15, -0.1) is 5.10 Å². The lowest BCUT2D eigenvalue weighted by molar-refractivity contribution is 0.756. The number of nitrogens with two attached hydrogens (primary N) is 1. The zero-order valence-corrected chi connectivity index (χ0v) is 12.2. The molecule has 106 valence electrons. The van der Waals surface area contributed by atoms with Crippen LogP contribution in [0.3, 0.4) is 0 Å². The van der Waals surface area contributed by atoms with Gasteiger partial charge in [0.2, 0.25) is 5.16 Å². The maximum absolute atomic E-state index is 5.60. The van der Waals surface area contributed by atoms with Crippen LogP contribution in [0.4, 0.5) is 0 Å². The number of tetrazole rings is 1. The average molecular weight is 297 g/mol. The molecule has 0 bridgehead atoms. The molecular formula is C15H15N5S. The minimum absolute atomic E-state index is 0.569. The zero-order valence-electron chi connectivity index (χ0n) is 11.4. The molecule has 0 aliphatic heterocycles. The van der Waals surface area contributed by atoms with Gasteiger partial charge in [-0.25, -0.2) is 0 Å². The van der Waals surface area contributed by atoms with E-state index in [2.05, 4.69) is 39.8 Å². The predicted molar refractivity (Wildman–Crippen MR) is 83.0 cm³/mol. The van der Waals surface area contributed by atoms with E-state index in [0.717, 1.165) is 22.2 Å². The first-order valence-corrected chi connectivity index (χ1v) is 7.60. The molecule has 0 saturated heterocycles. The summed E-state index contributed by atoms with van der Waals surface area (Å²) >= 11 is 1.61. The lowest BCUT2D eigenvalue weighted by atomic mass is 10.1. The summed E-state index contributed by atoms with van der Waals surface area (Å²) in [5, 5.41) is 12.7. The number of benzene rings is 2. The summed E-state index contributed by atoms with van der Waals surface area (Å²) in [4.78, 5) is 0. The molecule has 0 spiro atoms. The monoisotopic (exact) mass is 297 g/mol. The van der Waals surface area contributed by atoms with Crippen LogP contribution in [0.25, 0.3) is 5.69 Å². The van der Waals surface area contributed by atoms with E-state index < -0.39 is 0 Å². The molecule has 3 aromatic rings. The highest BCUT2D eigenvalue weighted by Gasteiger charge is 2.08. The van der Waals surface area contributed by atoms with Crippen molar-refractivity contribution in [3.8, 4) is 5.69 Å². The molecule has 0 amide bonds. The molecule has 0 aliphatic carbocycles. The van der Waals surface area contributed by atoms with Crippen molar-refractivity contribution in [2.24, 2.45) is 5.73 Å². The largest absolute Gasteiger partial charge is 0.326 e. The Balaban J connectivity index is 1.72. The molecule has 2 aromatic carbocycles. The van der Waals surface area contributed by atoms with Crippen LogP contribution < -0.4 is 5.73 Å². The fourth-order valence-corrected chi connectivity index (χ4v) is 2.77. The fourth-order valence-electron chi connectivity index (χ4n) is 1.92. The van der Waals surface area contributed by atoms with E-state index in [9.17, 15) is 0 Å². The number of hydrogen-bond acceptors (Lipinski definition) is 5. The van der Waals surface area contributed by atoms with Crippen LogP contribution in [0.5, 0.6) is 0 Å². The van der Waals surface area contributed by atoms with Gasteiger partial charge in [0.25, 0.3) is 0 Å². The molecule has 6 heteroatoms. The van der Waals surface area contributed by atoms with Crippen molar-refractivity contribution in [1.29, 1.82) is 0 Å². The van der Waals surface area contributed by atoms with Crippen LogP contribution in [0, 0.1) is 0 Å². The second kappa shape index (κ2) is 6.51. The summed E-state index contributed by atoms with van der Waals surface area (Å²) < 4.78 is 1.75. The van der Waals surface area contributed by atoms with E-state index in [1.807, 2.05) is 30.3 Å². The number of thioether (sulfide) groups is 1. The third-order valence-electron chi connectivity index (χ3n) is 3.07. The van der Waals surface area contributed by atoms with Gasteiger partial charge in [0.05, 0.1) is 5.69 Å². The van der Waals surface area contributed by atoms with Crippen LogP contribution >= 0.6 is 11.8 Å². The quantitative estimate of drug-likeness (QED) is 0.732. The van der Waals surface area contributed by atoms with E-state index in [4.69, 9.17) is 5.73 Å². The Morgan fingerprint density at radius 3 is 2.38 bits per heavy atom. The molecule has 1 aromatic heterocycles. The summed E-state index contributed by atoms with van der Waals surface area (Å²) in [6.07, 6.45) is 0. The Hall–Kier alpha value is -2.18. The van der Waals surface area contributed by atoms with Gasteiger partial charge < -0.3 is 5.73 Å². The number of nitrogens with zero attached hydrogens (tertiary/aromatic N) is 4. The van der Waals surface area contributed by atoms with Crippen molar-refractivity contribution < 1.29 is 0 Å². The van der Waals surface area contributed by atoms with Gasteiger partial charge in [-0.05, 0) is 33.7 Å². The smallest absolute Gasteiger partial charge is 0.214 e. The normalized spacial score (nSPS) is 10.7. The van der Waals surface area contributed by atoms with Crippen LogP contribution in [-0.2, 0) is 12.3 Å². The van der Waals surface area contributed by atoms with E-state index >= 15 is 0 Å². The van der Waals surface area contributed by atoms with E-state index in [-0.39, 0.29) is 0 Å². The first-order chi connectivity index (χ1) is 10.4. The average Bonchev–Trinajstić information content (AvgIpc) is 3.03. The van der Waals surface area contributed by atoms with Gasteiger partial charge in [0, 0.05) is 12.3 Å². The highest BCUT2D eigenvalue weighted by Crippen LogP contribution is 2.22. The molecule has 0 aliphatic rings. The van der Waals surface area contributed by atoms with Crippen LogP contribution in [-0.4, -0.2) is 20.2 Å². The second-order valence-corrected chi connectivity index (χ2v) is 5.46. The summed E-state index contributed by atoms with van der Waals surface area (Å²) in [5.74, 6) is 0.818. The summed E-state index contributed by atoms with van der Waals surface area (Å²) in [7, 11) is 0. The van der Waals surface area contributed by atoms with E-state index in [1.165, 1.54) is 5.56 Å². The first kappa shape index (κ1) is 13.8. The number of hydrogen-bond donors (Lipinski definition) is 1. The Bertz CT molecular complexity index is 694. The molecule has 3 rings (SSSR count). The minimum atomic E-state index is 0.569. The van der Waals surface area contributed by atoms with Crippen molar-refractivity contribution in [2.45, 2.75) is 17.5 Å². The molecule has 0 fully saturated rings. The Morgan fingerprint density at radius 2 is 1.67 bits per heavy atom. The molecule has 21 heavy (non-hydrogen) atoms. The van der Waals surface area contributed by atoms with Crippen molar-refractivity contribution in [1.82, 2.24) is 20.2 Å². The molecular weight excluding hydrogens is 282 g/mol. The molecule has 0 saturated carbocycles. The maximum Gasteiger partial charge on any atom is 0.214 e. The lowest BCUT2D eigenvalue weighted by Gasteiger charge is -2.04. The minimum Gasteiger partial charge on any atom is -0.326 e.